The van der Waals surface area contributed by atoms with Gasteiger partial charge in [0.2, 0.25) is 0 Å². The van der Waals surface area contributed by atoms with E-state index in [9.17, 15) is 9.59 Å². The van der Waals surface area contributed by atoms with Crippen molar-refractivity contribution in [3.05, 3.63) is 53.4 Å². The van der Waals surface area contributed by atoms with Gasteiger partial charge in [-0.15, -0.1) is 11.3 Å². The molecule has 3 aromatic rings. The van der Waals surface area contributed by atoms with Gasteiger partial charge in [-0.3, -0.25) is 4.79 Å². The molecule has 1 aromatic carbocycles. The number of hydrogen-bond donors (Lipinski definition) is 0. The number of aromatic nitrogens is 1. The molecule has 4 rings (SSSR count). The van der Waals surface area contributed by atoms with Crippen molar-refractivity contribution in [2.45, 2.75) is 32.2 Å². The minimum Gasteiger partial charge on any atom is -0.452 e. The van der Waals surface area contributed by atoms with Crippen molar-refractivity contribution >= 4 is 34.1 Å². The number of carbonyl (C=O) groups excluding carboxylic acids is 2. The van der Waals surface area contributed by atoms with E-state index >= 15 is 0 Å². The maximum Gasteiger partial charge on any atom is 0.339 e. The molecule has 1 aliphatic rings. The molecule has 0 bridgehead atoms. The quantitative estimate of drug-likeness (QED) is 0.611. The highest BCUT2D eigenvalue weighted by atomic mass is 32.1. The number of benzene rings is 1. The highest BCUT2D eigenvalue weighted by Gasteiger charge is 2.24. The summed E-state index contributed by atoms with van der Waals surface area (Å²) in [6, 6.07) is 13.4. The van der Waals surface area contributed by atoms with Gasteiger partial charge < -0.3 is 9.64 Å². The Morgan fingerprint density at radius 2 is 2.07 bits per heavy atom. The van der Waals surface area contributed by atoms with Crippen molar-refractivity contribution < 1.29 is 14.3 Å². The highest BCUT2D eigenvalue weighted by Crippen LogP contribution is 2.28. The summed E-state index contributed by atoms with van der Waals surface area (Å²) in [6.07, 6.45) is 3.14. The summed E-state index contributed by atoms with van der Waals surface area (Å²) in [7, 11) is 0. The molecule has 0 saturated carbocycles. The van der Waals surface area contributed by atoms with Gasteiger partial charge in [-0.2, -0.15) is 0 Å². The van der Waals surface area contributed by atoms with E-state index in [-0.39, 0.29) is 18.6 Å². The van der Waals surface area contributed by atoms with E-state index in [0.29, 0.717) is 5.56 Å². The van der Waals surface area contributed by atoms with Gasteiger partial charge in [-0.1, -0.05) is 24.3 Å². The van der Waals surface area contributed by atoms with Crippen molar-refractivity contribution in [2.75, 3.05) is 13.2 Å². The number of likely N-dealkylation sites (tertiary alicyclic amines) is 1. The van der Waals surface area contributed by atoms with Crippen LogP contribution in [0, 0.1) is 0 Å². The maximum atomic E-state index is 12.8. The van der Waals surface area contributed by atoms with E-state index in [0.717, 1.165) is 47.3 Å². The number of hydrogen-bond acceptors (Lipinski definition) is 5. The van der Waals surface area contributed by atoms with E-state index in [2.05, 4.69) is 4.98 Å². The third-order valence-corrected chi connectivity index (χ3v) is 6.05. The third kappa shape index (κ3) is 3.78. The molecule has 1 atom stereocenters. The lowest BCUT2D eigenvalue weighted by Gasteiger charge is -2.33. The highest BCUT2D eigenvalue weighted by molar-refractivity contribution is 7.13. The van der Waals surface area contributed by atoms with Crippen molar-refractivity contribution in [1.82, 2.24) is 9.88 Å². The molecule has 3 heterocycles. The van der Waals surface area contributed by atoms with E-state index in [4.69, 9.17) is 4.74 Å². The average molecular weight is 394 g/mol. The van der Waals surface area contributed by atoms with Crippen LogP contribution in [0.4, 0.5) is 0 Å². The van der Waals surface area contributed by atoms with Crippen LogP contribution in [0.2, 0.25) is 0 Å². The maximum absolute atomic E-state index is 12.8. The lowest BCUT2D eigenvalue weighted by molar-refractivity contribution is -0.137. The van der Waals surface area contributed by atoms with Crippen LogP contribution in [0.1, 0.15) is 36.5 Å². The lowest BCUT2D eigenvalue weighted by Crippen LogP contribution is -2.44. The molecule has 0 aliphatic carbocycles. The topological polar surface area (TPSA) is 59.5 Å². The predicted molar refractivity (Wildman–Crippen MR) is 110 cm³/mol. The van der Waals surface area contributed by atoms with Gasteiger partial charge in [0.05, 0.1) is 21.7 Å². The first-order valence-electron chi connectivity index (χ1n) is 9.54. The third-order valence-electron chi connectivity index (χ3n) is 5.16. The summed E-state index contributed by atoms with van der Waals surface area (Å²) in [5.74, 6) is -0.619. The van der Waals surface area contributed by atoms with Gasteiger partial charge in [0.25, 0.3) is 5.91 Å². The number of nitrogens with zero attached hydrogens (tertiary/aromatic N) is 2. The summed E-state index contributed by atoms with van der Waals surface area (Å²) in [5.41, 5.74) is 1.90. The number of thiophene rings is 1. The molecule has 5 nitrogen and oxygen atoms in total. The van der Waals surface area contributed by atoms with E-state index in [1.165, 1.54) is 0 Å². The van der Waals surface area contributed by atoms with Crippen LogP contribution in [0.3, 0.4) is 0 Å². The Morgan fingerprint density at radius 1 is 1.21 bits per heavy atom. The van der Waals surface area contributed by atoms with Crippen LogP contribution in [-0.2, 0) is 9.53 Å². The molecule has 6 heteroatoms. The van der Waals surface area contributed by atoms with E-state index in [1.54, 1.807) is 17.4 Å². The van der Waals surface area contributed by atoms with Gasteiger partial charge in [-0.05, 0) is 49.8 Å². The minimum atomic E-state index is -0.491. The molecule has 144 valence electrons. The number of piperidine rings is 1. The Morgan fingerprint density at radius 3 is 2.86 bits per heavy atom. The van der Waals surface area contributed by atoms with Crippen LogP contribution in [-0.4, -0.2) is 41.0 Å². The number of para-hydroxylation sites is 1. The van der Waals surface area contributed by atoms with Crippen molar-refractivity contribution in [3.8, 4) is 10.6 Å². The molecule has 1 amide bonds. The smallest absolute Gasteiger partial charge is 0.339 e. The predicted octanol–water partition coefficient (Wildman–Crippen LogP) is 4.52. The van der Waals surface area contributed by atoms with Crippen LogP contribution >= 0.6 is 11.3 Å². The van der Waals surface area contributed by atoms with Crippen LogP contribution < -0.4 is 0 Å². The lowest BCUT2D eigenvalue weighted by atomic mass is 10.0. The first kappa shape index (κ1) is 18.6. The number of ether oxygens (including phenoxy) is 1. The summed E-state index contributed by atoms with van der Waals surface area (Å²) >= 11 is 1.57. The molecule has 1 fully saturated rings. The Balaban J connectivity index is 1.57. The van der Waals surface area contributed by atoms with Gasteiger partial charge in [0.1, 0.15) is 0 Å². The van der Waals surface area contributed by atoms with Crippen molar-refractivity contribution in [1.29, 1.82) is 0 Å². The zero-order valence-corrected chi connectivity index (χ0v) is 16.6. The molecular formula is C22H22N2O3S. The second-order valence-electron chi connectivity index (χ2n) is 7.06. The fourth-order valence-electron chi connectivity index (χ4n) is 3.65. The Bertz CT molecular complexity index is 1000. The van der Waals surface area contributed by atoms with Crippen LogP contribution in [0.25, 0.3) is 21.5 Å². The molecule has 0 radical (unpaired) electrons. The Labute approximate surface area is 168 Å². The van der Waals surface area contributed by atoms with Gasteiger partial charge >= 0.3 is 5.97 Å². The molecular weight excluding hydrogens is 372 g/mol. The second kappa shape index (κ2) is 8.10. The Hall–Kier alpha value is -2.73. The molecule has 1 saturated heterocycles. The largest absolute Gasteiger partial charge is 0.452 e. The first-order valence-corrected chi connectivity index (χ1v) is 10.4. The van der Waals surface area contributed by atoms with Crippen LogP contribution in [0.15, 0.2) is 47.8 Å². The zero-order valence-electron chi connectivity index (χ0n) is 15.8. The number of rotatable bonds is 4. The SMILES string of the molecule is CC1CCCCN1C(=O)COC(=O)c1cc(-c2cccs2)nc2ccccc12. The van der Waals surface area contributed by atoms with Gasteiger partial charge in [-0.25, -0.2) is 9.78 Å². The van der Waals surface area contributed by atoms with Crippen molar-refractivity contribution in [2.24, 2.45) is 0 Å². The fourth-order valence-corrected chi connectivity index (χ4v) is 4.34. The fraction of sp³-hybridized carbons (Fsp3) is 0.318. The number of esters is 1. The number of carbonyl (C=O) groups is 2. The number of amides is 1. The summed E-state index contributed by atoms with van der Waals surface area (Å²) in [4.78, 5) is 32.8. The minimum absolute atomic E-state index is 0.127. The second-order valence-corrected chi connectivity index (χ2v) is 8.01. The Kier molecular flexibility index (Phi) is 5.39. The molecule has 1 unspecified atom stereocenters. The number of pyridine rings is 1. The normalized spacial score (nSPS) is 16.9. The molecule has 1 aliphatic heterocycles. The van der Waals surface area contributed by atoms with Gasteiger partial charge in [0.15, 0.2) is 6.61 Å². The van der Waals surface area contributed by atoms with Crippen molar-refractivity contribution in [3.63, 3.8) is 0 Å². The van der Waals surface area contributed by atoms with E-state index < -0.39 is 5.97 Å². The zero-order chi connectivity index (χ0) is 19.5. The monoisotopic (exact) mass is 394 g/mol. The molecule has 0 N–H and O–H groups in total. The first-order chi connectivity index (χ1) is 13.6. The molecule has 0 spiro atoms. The standard InChI is InChI=1S/C22H22N2O3S/c1-15-7-4-5-11-24(15)21(25)14-27-22(26)17-13-19(20-10-6-12-28-20)23-18-9-3-2-8-16(17)18/h2-3,6,8-10,12-13,15H,4-5,7,11,14H2,1H3. The number of fused-ring (bicyclic) bond motifs is 1. The van der Waals surface area contributed by atoms with Gasteiger partial charge in [0, 0.05) is 18.0 Å². The summed E-state index contributed by atoms with van der Waals surface area (Å²) < 4.78 is 5.42. The summed E-state index contributed by atoms with van der Waals surface area (Å²) in [5, 5.41) is 2.70. The molecule has 28 heavy (non-hydrogen) atoms. The molecule has 2 aromatic heterocycles. The summed E-state index contributed by atoms with van der Waals surface area (Å²) in [6.45, 7) is 2.55. The van der Waals surface area contributed by atoms with Crippen LogP contribution in [0.5, 0.6) is 0 Å². The average Bonchev–Trinajstić information content (AvgIpc) is 3.26. The van der Waals surface area contributed by atoms with E-state index in [1.807, 2.05) is 53.6 Å².